The number of carboxylic acid groups (broad SMARTS) is 1. The van der Waals surface area contributed by atoms with Gasteiger partial charge in [-0.3, -0.25) is 9.59 Å². The van der Waals surface area contributed by atoms with Gasteiger partial charge in [0.25, 0.3) is 0 Å². The number of ether oxygens (including phenoxy) is 3. The lowest BCUT2D eigenvalue weighted by Crippen LogP contribution is -2.56. The summed E-state index contributed by atoms with van der Waals surface area (Å²) in [6.45, 7) is 13.6. The molecule has 4 N–H and O–H groups in total. The molecule has 7 rings (SSSR count). The van der Waals surface area contributed by atoms with Crippen LogP contribution >= 0.6 is 11.3 Å². The lowest BCUT2D eigenvalue weighted by atomic mass is 9.89. The fourth-order valence-electron chi connectivity index (χ4n) is 9.15. The number of allylic oxidation sites excluding steroid dienone is 1. The molecule has 0 radical (unpaired) electrons. The van der Waals surface area contributed by atoms with Gasteiger partial charge in [0.1, 0.15) is 47.0 Å². The molecule has 3 aliphatic heterocycles. The Morgan fingerprint density at radius 3 is 2.52 bits per heavy atom. The smallest absolute Gasteiger partial charge is 0.408 e. The number of methoxy groups -OCH3 is 1. The highest BCUT2D eigenvalue weighted by Gasteiger charge is 2.61. The number of carboxylic acids is 1. The van der Waals surface area contributed by atoms with Crippen LogP contribution in [-0.4, -0.2) is 124 Å². The average Bonchev–Trinajstić information content (AvgIpc) is 3.50. The fraction of sp³-hybridized carbons (Fsp3) is 0.617. The number of amides is 3. The van der Waals surface area contributed by atoms with Gasteiger partial charge in [0.15, 0.2) is 5.13 Å². The van der Waals surface area contributed by atoms with Gasteiger partial charge in [-0.1, -0.05) is 59.6 Å². The van der Waals surface area contributed by atoms with E-state index < -0.39 is 80.3 Å². The van der Waals surface area contributed by atoms with Gasteiger partial charge in [-0.15, -0.1) is 11.3 Å². The Bertz CT molecular complexity index is 2430. The third kappa shape index (κ3) is 10.7. The predicted octanol–water partition coefficient (Wildman–Crippen LogP) is 6.58. The van der Waals surface area contributed by atoms with E-state index >= 15 is 0 Å². The van der Waals surface area contributed by atoms with E-state index in [1.54, 1.807) is 25.3 Å². The van der Waals surface area contributed by atoms with Gasteiger partial charge < -0.3 is 40.2 Å². The monoisotopic (exact) mass is 951 g/mol. The molecule has 3 fully saturated rings. The lowest BCUT2D eigenvalue weighted by Gasteiger charge is -2.34. The minimum absolute atomic E-state index is 0.0210. The maximum atomic E-state index is 15.0. The molecular formula is C47H65N7O10S2. The van der Waals surface area contributed by atoms with Gasteiger partial charge in [0.2, 0.25) is 21.8 Å². The molecule has 4 aliphatic rings. The standard InChI is InChI=1S/C47H65N7O10S2/c1-27(2)39-18-19-53(66(39,60)61)25-40(46(5,6)7)64-45(59)51-33-15-13-11-9-10-12-14-29-23-47(29,43(57)58)52-41(55)37-21-31(24-54(37)42(33)56)63-38-22-35(36-26-65-44(50-36)48-28(3)4)49-34-20-30(62-8)16-17-32(34)38/h12,14,16-17,20,22,26-29,31,33,37,39-40H,9-11,13,15,18-19,21,23-25H2,1-8H3,(H,48,50)(H,51,59)(H,52,55)(H,57,58)/b14-12-/t29?,31-,33+,37+,39?,40-,47-/m1/s1. The molecule has 7 atom stereocenters. The zero-order valence-electron chi connectivity index (χ0n) is 39.2. The number of carbonyl (C=O) groups is 4. The summed E-state index contributed by atoms with van der Waals surface area (Å²) in [6, 6.07) is 5.07. The predicted molar refractivity (Wildman–Crippen MR) is 252 cm³/mol. The summed E-state index contributed by atoms with van der Waals surface area (Å²) in [4.78, 5) is 67.2. The second kappa shape index (κ2) is 19.7. The zero-order valence-corrected chi connectivity index (χ0v) is 40.8. The topological polar surface area (TPSA) is 219 Å². The van der Waals surface area contributed by atoms with E-state index in [2.05, 4.69) is 16.0 Å². The Labute approximate surface area is 391 Å². The first-order valence-electron chi connectivity index (χ1n) is 23.1. The highest BCUT2D eigenvalue weighted by atomic mass is 32.2. The van der Waals surface area contributed by atoms with Crippen LogP contribution in [0.5, 0.6) is 11.5 Å². The molecular weight excluding hydrogens is 887 g/mol. The lowest BCUT2D eigenvalue weighted by molar-refractivity contribution is -0.145. The van der Waals surface area contributed by atoms with Crippen molar-refractivity contribution in [1.82, 2.24) is 29.8 Å². The minimum atomic E-state index is -3.62. The maximum Gasteiger partial charge on any atom is 0.408 e. The number of anilines is 1. The number of fused-ring (bicyclic) bond motifs is 3. The third-order valence-corrected chi connectivity index (χ3v) is 16.5. The molecule has 3 amide bonds. The molecule has 1 saturated carbocycles. The number of rotatable bonds is 12. The molecule has 2 saturated heterocycles. The van der Waals surface area contributed by atoms with E-state index in [-0.39, 0.29) is 44.3 Å². The Kier molecular flexibility index (Phi) is 14.6. The summed E-state index contributed by atoms with van der Waals surface area (Å²) in [5.41, 5.74) is -0.454. The molecule has 2 unspecified atom stereocenters. The Morgan fingerprint density at radius 1 is 1.06 bits per heavy atom. The van der Waals surface area contributed by atoms with Crippen molar-refractivity contribution >= 4 is 61.3 Å². The number of alkyl carbamates (subject to hydrolysis) is 1. The third-order valence-electron chi connectivity index (χ3n) is 13.1. The van der Waals surface area contributed by atoms with Crippen LogP contribution < -0.4 is 25.4 Å². The number of hydrogen-bond acceptors (Lipinski definition) is 13. The summed E-state index contributed by atoms with van der Waals surface area (Å²) in [6.07, 6.45) is 4.98. The van der Waals surface area contributed by atoms with Crippen molar-refractivity contribution in [3.63, 3.8) is 0 Å². The van der Waals surface area contributed by atoms with Crippen LogP contribution in [0.25, 0.3) is 22.3 Å². The first kappa shape index (κ1) is 48.9. The van der Waals surface area contributed by atoms with E-state index in [1.165, 1.54) is 20.5 Å². The summed E-state index contributed by atoms with van der Waals surface area (Å²) >= 11 is 1.45. The summed E-state index contributed by atoms with van der Waals surface area (Å²) in [5, 5.41) is 22.1. The first-order valence-corrected chi connectivity index (χ1v) is 25.4. The number of aromatic nitrogens is 2. The number of nitrogens with one attached hydrogen (secondary N) is 3. The van der Waals surface area contributed by atoms with E-state index in [0.717, 1.165) is 18.0 Å². The van der Waals surface area contributed by atoms with Gasteiger partial charge in [0.05, 0.1) is 36.7 Å². The van der Waals surface area contributed by atoms with Gasteiger partial charge in [-0.05, 0) is 64.0 Å². The molecule has 5 heterocycles. The summed E-state index contributed by atoms with van der Waals surface area (Å²) < 4.78 is 46.7. The number of thiazole rings is 1. The first-order chi connectivity index (χ1) is 31.2. The second-order valence-corrected chi connectivity index (χ2v) is 22.8. The summed E-state index contributed by atoms with van der Waals surface area (Å²) in [5.74, 6) is -1.80. The van der Waals surface area contributed by atoms with Gasteiger partial charge in [0, 0.05) is 53.2 Å². The molecule has 2 aromatic heterocycles. The van der Waals surface area contributed by atoms with Crippen LogP contribution in [0.15, 0.2) is 41.8 Å². The van der Waals surface area contributed by atoms with Crippen LogP contribution in [0, 0.1) is 17.3 Å². The van der Waals surface area contributed by atoms with Crippen LogP contribution in [0.3, 0.4) is 0 Å². The highest BCUT2D eigenvalue weighted by molar-refractivity contribution is 7.90. The van der Waals surface area contributed by atoms with Gasteiger partial charge in [-0.2, -0.15) is 4.31 Å². The van der Waals surface area contributed by atoms with Crippen LogP contribution in [0.1, 0.15) is 99.8 Å². The highest BCUT2D eigenvalue weighted by Crippen LogP contribution is 2.46. The van der Waals surface area contributed by atoms with Crippen molar-refractivity contribution in [2.24, 2.45) is 17.3 Å². The van der Waals surface area contributed by atoms with Crippen molar-refractivity contribution in [3.05, 3.63) is 41.8 Å². The zero-order chi connectivity index (χ0) is 47.7. The average molecular weight is 952 g/mol. The SMILES string of the molecule is COc1ccc2c(O[C@@H]3C[C@H]4C(=O)N[C@]5(C(=O)O)CC5/C=C\CCCCC[C@H](NC(=O)O[C@H](CN5CCC(C(C)C)S5(=O)=O)C(C)(C)C)C(=O)N4C3)cc(-c3csc(NC(C)C)n3)nc2c1. The van der Waals surface area contributed by atoms with Crippen molar-refractivity contribution in [1.29, 1.82) is 0 Å². The Balaban J connectivity index is 1.18. The van der Waals surface area contributed by atoms with Crippen molar-refractivity contribution in [2.75, 3.05) is 32.1 Å². The number of nitrogens with zero attached hydrogens (tertiary/aromatic N) is 4. The quantitative estimate of drug-likeness (QED) is 0.141. The van der Waals surface area contributed by atoms with Crippen molar-refractivity contribution in [2.45, 2.75) is 141 Å². The number of hydrogen-bond donors (Lipinski definition) is 4. The second-order valence-electron chi connectivity index (χ2n) is 19.8. The van der Waals surface area contributed by atoms with Gasteiger partial charge in [-0.25, -0.2) is 28.0 Å². The molecule has 1 aliphatic carbocycles. The number of carbonyl (C=O) groups excluding carboxylic acids is 3. The van der Waals surface area contributed by atoms with Crippen LogP contribution in [0.2, 0.25) is 0 Å². The van der Waals surface area contributed by atoms with Crippen LogP contribution in [0.4, 0.5) is 9.93 Å². The fourth-order valence-corrected chi connectivity index (χ4v) is 12.2. The largest absolute Gasteiger partial charge is 0.497 e. The molecule has 0 bridgehead atoms. The molecule has 1 aromatic carbocycles. The molecule has 66 heavy (non-hydrogen) atoms. The number of aliphatic carboxylic acids is 1. The minimum Gasteiger partial charge on any atom is -0.497 e. The van der Waals surface area contributed by atoms with E-state index in [4.69, 9.17) is 24.2 Å². The summed E-state index contributed by atoms with van der Waals surface area (Å²) in [7, 11) is -2.05. The number of pyridine rings is 1. The molecule has 0 spiro atoms. The number of sulfonamides is 1. The molecule has 19 heteroatoms. The molecule has 360 valence electrons. The van der Waals surface area contributed by atoms with E-state index in [9.17, 15) is 32.7 Å². The van der Waals surface area contributed by atoms with Crippen LogP contribution in [-0.2, 0) is 29.1 Å². The van der Waals surface area contributed by atoms with Crippen molar-refractivity contribution < 1.29 is 46.9 Å². The molecule has 17 nitrogen and oxygen atoms in total. The maximum absolute atomic E-state index is 15.0. The number of benzene rings is 1. The van der Waals surface area contributed by atoms with E-state index in [0.29, 0.717) is 59.6 Å². The van der Waals surface area contributed by atoms with E-state index in [1.807, 2.05) is 72.1 Å². The Hall–Kier alpha value is -5.01. The normalized spacial score (nSPS) is 27.0. The van der Waals surface area contributed by atoms with Gasteiger partial charge >= 0.3 is 12.1 Å². The Morgan fingerprint density at radius 2 is 1.83 bits per heavy atom. The van der Waals surface area contributed by atoms with Crippen molar-refractivity contribution in [3.8, 4) is 22.9 Å². The molecule has 3 aromatic rings.